The van der Waals surface area contributed by atoms with Gasteiger partial charge in [0.05, 0.1) is 11.9 Å². The van der Waals surface area contributed by atoms with Gasteiger partial charge in [-0.3, -0.25) is 9.78 Å². The van der Waals surface area contributed by atoms with E-state index in [4.69, 9.17) is 5.73 Å². The number of carbonyl (C=O) groups is 1. The molecule has 82 valence electrons. The van der Waals surface area contributed by atoms with Gasteiger partial charge in [-0.05, 0) is 30.0 Å². The van der Waals surface area contributed by atoms with Gasteiger partial charge in [0.15, 0.2) is 5.78 Å². The van der Waals surface area contributed by atoms with Gasteiger partial charge >= 0.3 is 0 Å². The first-order valence-corrected chi connectivity index (χ1v) is 5.91. The number of nitrogens with zero attached hydrogens (tertiary/aromatic N) is 1. The van der Waals surface area contributed by atoms with Crippen LogP contribution in [0.4, 0.5) is 5.69 Å². The van der Waals surface area contributed by atoms with Gasteiger partial charge in [-0.2, -0.15) is 0 Å². The summed E-state index contributed by atoms with van der Waals surface area (Å²) in [6.45, 7) is 0. The molecular formula is C12H12N2OS. The minimum absolute atomic E-state index is 0.0633. The lowest BCUT2D eigenvalue weighted by atomic mass is 10.1. The molecule has 0 aliphatic rings. The third-order valence-electron chi connectivity index (χ3n) is 2.25. The second-order valence-corrected chi connectivity index (χ2v) is 4.51. The monoisotopic (exact) mass is 232 g/mol. The second kappa shape index (κ2) is 4.90. The fraction of sp³-hybridized carbons (Fsp3) is 0.167. The fourth-order valence-corrected chi connectivity index (χ4v) is 2.10. The Labute approximate surface area is 97.9 Å². The van der Waals surface area contributed by atoms with E-state index in [1.165, 1.54) is 11.1 Å². The van der Waals surface area contributed by atoms with Gasteiger partial charge in [0.1, 0.15) is 5.69 Å². The highest BCUT2D eigenvalue weighted by atomic mass is 32.1. The molecular weight excluding hydrogens is 220 g/mol. The van der Waals surface area contributed by atoms with Crippen molar-refractivity contribution in [1.29, 1.82) is 0 Å². The van der Waals surface area contributed by atoms with Crippen LogP contribution in [0.5, 0.6) is 0 Å². The molecule has 0 aliphatic carbocycles. The summed E-state index contributed by atoms with van der Waals surface area (Å²) in [4.78, 5) is 17.0. The average molecular weight is 232 g/mol. The lowest BCUT2D eigenvalue weighted by Gasteiger charge is -1.99. The largest absolute Gasteiger partial charge is 0.397 e. The summed E-state index contributed by atoms with van der Waals surface area (Å²) in [5, 5.41) is 2.02. The Balaban J connectivity index is 1.95. The standard InChI is InChI=1S/C12H12N2OS/c13-9-3-5-11(14-8-9)12(15)6-4-10-2-1-7-16-10/h1-3,5,7-8H,4,6,13H2. The van der Waals surface area contributed by atoms with Gasteiger partial charge in [0, 0.05) is 11.3 Å². The molecule has 2 aromatic heterocycles. The van der Waals surface area contributed by atoms with Crippen molar-refractivity contribution in [3.63, 3.8) is 0 Å². The van der Waals surface area contributed by atoms with Crippen molar-refractivity contribution in [1.82, 2.24) is 4.98 Å². The molecule has 2 N–H and O–H groups in total. The van der Waals surface area contributed by atoms with E-state index in [0.717, 1.165) is 6.42 Å². The molecule has 0 spiro atoms. The molecule has 3 nitrogen and oxygen atoms in total. The van der Waals surface area contributed by atoms with Gasteiger partial charge in [-0.15, -0.1) is 11.3 Å². The highest BCUT2D eigenvalue weighted by Gasteiger charge is 2.07. The number of pyridine rings is 1. The third kappa shape index (κ3) is 2.67. The van der Waals surface area contributed by atoms with E-state index in [9.17, 15) is 4.79 Å². The molecule has 0 aliphatic heterocycles. The number of aryl methyl sites for hydroxylation is 1. The lowest BCUT2D eigenvalue weighted by molar-refractivity contribution is 0.0978. The van der Waals surface area contributed by atoms with Gasteiger partial charge < -0.3 is 5.73 Å². The van der Waals surface area contributed by atoms with Crippen molar-refractivity contribution < 1.29 is 4.79 Å². The van der Waals surface area contributed by atoms with Crippen LogP contribution in [0.3, 0.4) is 0 Å². The number of nitrogen functional groups attached to an aromatic ring is 1. The number of anilines is 1. The average Bonchev–Trinajstić information content (AvgIpc) is 2.80. The molecule has 2 heterocycles. The molecule has 0 saturated carbocycles. The lowest BCUT2D eigenvalue weighted by Crippen LogP contribution is -2.03. The predicted octanol–water partition coefficient (Wildman–Crippen LogP) is 2.54. The topological polar surface area (TPSA) is 56.0 Å². The number of rotatable bonds is 4. The summed E-state index contributed by atoms with van der Waals surface area (Å²) in [5.41, 5.74) is 6.58. The first-order valence-electron chi connectivity index (χ1n) is 5.03. The molecule has 0 radical (unpaired) electrons. The zero-order chi connectivity index (χ0) is 11.4. The van der Waals surface area contributed by atoms with E-state index < -0.39 is 0 Å². The van der Waals surface area contributed by atoms with Crippen LogP contribution < -0.4 is 5.73 Å². The van der Waals surface area contributed by atoms with Crippen molar-refractivity contribution >= 4 is 22.8 Å². The molecule has 0 unspecified atom stereocenters. The third-order valence-corrected chi connectivity index (χ3v) is 3.19. The maximum Gasteiger partial charge on any atom is 0.181 e. The fourth-order valence-electron chi connectivity index (χ4n) is 1.39. The molecule has 0 bridgehead atoms. The summed E-state index contributed by atoms with van der Waals surface area (Å²) in [6.07, 6.45) is 2.79. The first kappa shape index (κ1) is 10.8. The number of hydrogen-bond donors (Lipinski definition) is 1. The van der Waals surface area contributed by atoms with Crippen LogP contribution in [0.15, 0.2) is 35.8 Å². The first-order chi connectivity index (χ1) is 7.75. The number of Topliss-reactive ketones (excluding diaryl/α,β-unsaturated/α-hetero) is 1. The normalized spacial score (nSPS) is 10.2. The van der Waals surface area contributed by atoms with Crippen molar-refractivity contribution in [2.24, 2.45) is 0 Å². The maximum atomic E-state index is 11.8. The molecule has 2 aromatic rings. The van der Waals surface area contributed by atoms with E-state index in [1.54, 1.807) is 23.5 Å². The summed E-state index contributed by atoms with van der Waals surface area (Å²) < 4.78 is 0. The number of nitrogens with two attached hydrogens (primary N) is 1. The molecule has 0 fully saturated rings. The molecule has 0 saturated heterocycles. The Kier molecular flexibility index (Phi) is 3.31. The van der Waals surface area contributed by atoms with Crippen molar-refractivity contribution in [2.45, 2.75) is 12.8 Å². The number of hydrogen-bond acceptors (Lipinski definition) is 4. The van der Waals surface area contributed by atoms with Crippen LogP contribution in [-0.2, 0) is 6.42 Å². The predicted molar refractivity (Wildman–Crippen MR) is 65.6 cm³/mol. The molecule has 0 atom stereocenters. The number of carbonyl (C=O) groups excluding carboxylic acids is 1. The van der Waals surface area contributed by atoms with Gasteiger partial charge in [-0.25, -0.2) is 0 Å². The Morgan fingerprint density at radius 3 is 2.88 bits per heavy atom. The highest BCUT2D eigenvalue weighted by molar-refractivity contribution is 7.09. The van der Waals surface area contributed by atoms with Crippen LogP contribution in [0, 0.1) is 0 Å². The summed E-state index contributed by atoms with van der Waals surface area (Å²) >= 11 is 1.67. The van der Waals surface area contributed by atoms with E-state index in [0.29, 0.717) is 17.8 Å². The Morgan fingerprint density at radius 2 is 2.25 bits per heavy atom. The zero-order valence-corrected chi connectivity index (χ0v) is 9.54. The van der Waals surface area contributed by atoms with Gasteiger partial charge in [0.25, 0.3) is 0 Å². The van der Waals surface area contributed by atoms with Crippen LogP contribution >= 0.6 is 11.3 Å². The number of ketones is 1. The molecule has 16 heavy (non-hydrogen) atoms. The van der Waals surface area contributed by atoms with Crippen LogP contribution in [0.25, 0.3) is 0 Å². The second-order valence-electron chi connectivity index (χ2n) is 3.48. The minimum atomic E-state index is 0.0633. The van der Waals surface area contributed by atoms with E-state index in [2.05, 4.69) is 4.98 Å². The summed E-state index contributed by atoms with van der Waals surface area (Å²) in [6, 6.07) is 7.40. The maximum absolute atomic E-state index is 11.8. The SMILES string of the molecule is Nc1ccc(C(=O)CCc2cccs2)nc1. The van der Waals surface area contributed by atoms with E-state index >= 15 is 0 Å². The van der Waals surface area contributed by atoms with E-state index in [1.807, 2.05) is 17.5 Å². The highest BCUT2D eigenvalue weighted by Crippen LogP contribution is 2.13. The summed E-state index contributed by atoms with van der Waals surface area (Å²) in [7, 11) is 0. The Bertz CT molecular complexity index is 462. The van der Waals surface area contributed by atoms with Crippen LogP contribution in [0.1, 0.15) is 21.8 Å². The van der Waals surface area contributed by atoms with Crippen molar-refractivity contribution in [2.75, 3.05) is 5.73 Å². The zero-order valence-electron chi connectivity index (χ0n) is 8.72. The quantitative estimate of drug-likeness (QED) is 0.824. The smallest absolute Gasteiger partial charge is 0.181 e. The van der Waals surface area contributed by atoms with Crippen LogP contribution in [-0.4, -0.2) is 10.8 Å². The molecule has 2 rings (SSSR count). The van der Waals surface area contributed by atoms with E-state index in [-0.39, 0.29) is 5.78 Å². The Hall–Kier alpha value is -1.68. The minimum Gasteiger partial charge on any atom is -0.397 e. The summed E-state index contributed by atoms with van der Waals surface area (Å²) in [5.74, 6) is 0.0633. The molecule has 4 heteroatoms. The number of thiophene rings is 1. The van der Waals surface area contributed by atoms with Crippen LogP contribution in [0.2, 0.25) is 0 Å². The number of aromatic nitrogens is 1. The Morgan fingerprint density at radius 1 is 1.38 bits per heavy atom. The van der Waals surface area contributed by atoms with Gasteiger partial charge in [0.2, 0.25) is 0 Å². The van der Waals surface area contributed by atoms with Gasteiger partial charge in [-0.1, -0.05) is 6.07 Å². The van der Waals surface area contributed by atoms with Crippen molar-refractivity contribution in [3.8, 4) is 0 Å². The van der Waals surface area contributed by atoms with Crippen molar-refractivity contribution in [3.05, 3.63) is 46.4 Å². The molecule has 0 aromatic carbocycles. The molecule has 0 amide bonds.